The average Bonchev–Trinajstić information content (AvgIpc) is 2.11. The summed E-state index contributed by atoms with van der Waals surface area (Å²) in [5.41, 5.74) is 11.6. The molecule has 3 atom stereocenters. The highest BCUT2D eigenvalue weighted by atomic mass is 14.7. The van der Waals surface area contributed by atoms with Crippen LogP contribution in [0.25, 0.3) is 0 Å². The van der Waals surface area contributed by atoms with Crippen molar-refractivity contribution >= 4 is 0 Å². The van der Waals surface area contributed by atoms with Crippen LogP contribution >= 0.6 is 0 Å². The second-order valence-electron chi connectivity index (χ2n) is 4.02. The average molecular weight is 156 g/mol. The van der Waals surface area contributed by atoms with E-state index in [1.54, 1.807) is 0 Å². The molecule has 0 aromatic rings. The van der Waals surface area contributed by atoms with Gasteiger partial charge in [-0.1, -0.05) is 13.3 Å². The molecule has 1 saturated carbocycles. The van der Waals surface area contributed by atoms with Crippen molar-refractivity contribution in [1.82, 2.24) is 0 Å². The Bertz CT molecular complexity index is 114. The normalized spacial score (nSPS) is 40.1. The van der Waals surface area contributed by atoms with E-state index < -0.39 is 0 Å². The molecule has 0 radical (unpaired) electrons. The summed E-state index contributed by atoms with van der Waals surface area (Å²) < 4.78 is 0. The zero-order valence-corrected chi connectivity index (χ0v) is 7.42. The zero-order chi connectivity index (χ0) is 8.27. The fourth-order valence-electron chi connectivity index (χ4n) is 2.01. The highest BCUT2D eigenvalue weighted by Gasteiger charge is 2.19. The van der Waals surface area contributed by atoms with Crippen LogP contribution in [0.4, 0.5) is 0 Å². The molecule has 1 aliphatic rings. The van der Waals surface area contributed by atoms with Crippen molar-refractivity contribution in [1.29, 1.82) is 0 Å². The largest absolute Gasteiger partial charge is 0.330 e. The first kappa shape index (κ1) is 9.01. The molecule has 4 N–H and O–H groups in total. The van der Waals surface area contributed by atoms with Gasteiger partial charge in [-0.25, -0.2) is 0 Å². The van der Waals surface area contributed by atoms with Crippen molar-refractivity contribution < 1.29 is 0 Å². The van der Waals surface area contributed by atoms with Gasteiger partial charge in [0.1, 0.15) is 0 Å². The standard InChI is InChI=1S/C9H20N2/c1-7-2-3-8(6-10)5-9(11)4-7/h7-9H,2-6,10-11H2,1H3. The van der Waals surface area contributed by atoms with Crippen LogP contribution in [0.2, 0.25) is 0 Å². The Kier molecular flexibility index (Phi) is 3.34. The third-order valence-corrected chi connectivity index (χ3v) is 2.74. The van der Waals surface area contributed by atoms with Gasteiger partial charge < -0.3 is 11.5 Å². The smallest absolute Gasteiger partial charge is 0.00444 e. The molecule has 2 heteroatoms. The Balaban J connectivity index is 2.39. The molecular weight excluding hydrogens is 136 g/mol. The maximum atomic E-state index is 5.94. The van der Waals surface area contributed by atoms with Crippen LogP contribution in [-0.4, -0.2) is 12.6 Å². The molecule has 0 aromatic heterocycles. The van der Waals surface area contributed by atoms with Crippen molar-refractivity contribution in [3.63, 3.8) is 0 Å². The second kappa shape index (κ2) is 4.07. The molecule has 0 aromatic carbocycles. The Morgan fingerprint density at radius 2 is 2.00 bits per heavy atom. The number of rotatable bonds is 1. The highest BCUT2D eigenvalue weighted by Crippen LogP contribution is 2.25. The van der Waals surface area contributed by atoms with E-state index in [0.29, 0.717) is 12.0 Å². The molecule has 11 heavy (non-hydrogen) atoms. The molecule has 3 unspecified atom stereocenters. The van der Waals surface area contributed by atoms with E-state index in [1.165, 1.54) is 19.3 Å². The Morgan fingerprint density at radius 3 is 2.64 bits per heavy atom. The molecule has 0 spiro atoms. The first-order valence-corrected chi connectivity index (χ1v) is 4.68. The van der Waals surface area contributed by atoms with Crippen molar-refractivity contribution in [3.05, 3.63) is 0 Å². The van der Waals surface area contributed by atoms with E-state index in [-0.39, 0.29) is 0 Å². The number of hydrogen-bond donors (Lipinski definition) is 2. The summed E-state index contributed by atoms with van der Waals surface area (Å²) in [5, 5.41) is 0. The van der Waals surface area contributed by atoms with Gasteiger partial charge in [0.2, 0.25) is 0 Å². The van der Waals surface area contributed by atoms with Gasteiger partial charge in [-0.3, -0.25) is 0 Å². The van der Waals surface area contributed by atoms with Gasteiger partial charge in [-0.05, 0) is 37.6 Å². The summed E-state index contributed by atoms with van der Waals surface area (Å²) in [4.78, 5) is 0. The van der Waals surface area contributed by atoms with Crippen LogP contribution < -0.4 is 11.5 Å². The van der Waals surface area contributed by atoms with E-state index in [9.17, 15) is 0 Å². The van der Waals surface area contributed by atoms with Crippen LogP contribution in [0, 0.1) is 11.8 Å². The Hall–Kier alpha value is -0.0800. The van der Waals surface area contributed by atoms with Crippen LogP contribution in [0.1, 0.15) is 32.6 Å². The van der Waals surface area contributed by atoms with Gasteiger partial charge in [0.25, 0.3) is 0 Å². The van der Waals surface area contributed by atoms with Gasteiger partial charge in [0, 0.05) is 6.04 Å². The molecule has 0 aliphatic heterocycles. The van der Waals surface area contributed by atoms with Gasteiger partial charge >= 0.3 is 0 Å². The van der Waals surface area contributed by atoms with E-state index in [2.05, 4.69) is 6.92 Å². The SMILES string of the molecule is CC1CCC(CN)CC(N)C1. The lowest BCUT2D eigenvalue weighted by molar-refractivity contribution is 0.442. The molecule has 1 rings (SSSR count). The van der Waals surface area contributed by atoms with Gasteiger partial charge in [-0.15, -0.1) is 0 Å². The van der Waals surface area contributed by atoms with Crippen LogP contribution in [0.15, 0.2) is 0 Å². The number of nitrogens with two attached hydrogens (primary N) is 2. The van der Waals surface area contributed by atoms with Crippen molar-refractivity contribution in [2.75, 3.05) is 6.54 Å². The van der Waals surface area contributed by atoms with E-state index in [0.717, 1.165) is 18.9 Å². The molecule has 0 saturated heterocycles. The minimum atomic E-state index is 0.404. The van der Waals surface area contributed by atoms with Crippen molar-refractivity contribution in [3.8, 4) is 0 Å². The third kappa shape index (κ3) is 2.80. The minimum absolute atomic E-state index is 0.404. The summed E-state index contributed by atoms with van der Waals surface area (Å²) >= 11 is 0. The first-order valence-electron chi connectivity index (χ1n) is 4.68. The summed E-state index contributed by atoms with van der Waals surface area (Å²) in [6, 6.07) is 0.404. The van der Waals surface area contributed by atoms with Gasteiger partial charge in [-0.2, -0.15) is 0 Å². The fraction of sp³-hybridized carbons (Fsp3) is 1.00. The maximum absolute atomic E-state index is 5.94. The van der Waals surface area contributed by atoms with E-state index in [4.69, 9.17) is 11.5 Å². The quantitative estimate of drug-likeness (QED) is 0.558. The van der Waals surface area contributed by atoms with Gasteiger partial charge in [0.15, 0.2) is 0 Å². The predicted octanol–water partition coefficient (Wildman–Crippen LogP) is 1.10. The molecule has 2 nitrogen and oxygen atoms in total. The molecule has 1 aliphatic carbocycles. The molecule has 0 bridgehead atoms. The molecular formula is C9H20N2. The van der Waals surface area contributed by atoms with E-state index >= 15 is 0 Å². The van der Waals surface area contributed by atoms with Gasteiger partial charge in [0.05, 0.1) is 0 Å². The zero-order valence-electron chi connectivity index (χ0n) is 7.42. The second-order valence-corrected chi connectivity index (χ2v) is 4.02. The summed E-state index contributed by atoms with van der Waals surface area (Å²) in [6.07, 6.45) is 4.93. The van der Waals surface area contributed by atoms with Crippen LogP contribution in [0.3, 0.4) is 0 Å². The predicted molar refractivity (Wildman–Crippen MR) is 48.2 cm³/mol. The fourth-order valence-corrected chi connectivity index (χ4v) is 2.01. The molecule has 0 heterocycles. The Morgan fingerprint density at radius 1 is 1.27 bits per heavy atom. The molecule has 0 amide bonds. The first-order chi connectivity index (χ1) is 5.22. The lowest BCUT2D eigenvalue weighted by atomic mass is 9.99. The number of hydrogen-bond acceptors (Lipinski definition) is 2. The lowest BCUT2D eigenvalue weighted by Gasteiger charge is -2.14. The summed E-state index contributed by atoms with van der Waals surface area (Å²) in [5.74, 6) is 1.50. The van der Waals surface area contributed by atoms with E-state index in [1.807, 2.05) is 0 Å². The third-order valence-electron chi connectivity index (χ3n) is 2.74. The summed E-state index contributed by atoms with van der Waals surface area (Å²) in [7, 11) is 0. The molecule has 1 fully saturated rings. The van der Waals surface area contributed by atoms with Crippen molar-refractivity contribution in [2.45, 2.75) is 38.6 Å². The summed E-state index contributed by atoms with van der Waals surface area (Å²) in [6.45, 7) is 3.11. The lowest BCUT2D eigenvalue weighted by Crippen LogP contribution is -2.25. The minimum Gasteiger partial charge on any atom is -0.330 e. The van der Waals surface area contributed by atoms with Crippen molar-refractivity contribution in [2.24, 2.45) is 23.3 Å². The monoisotopic (exact) mass is 156 g/mol. The highest BCUT2D eigenvalue weighted by molar-refractivity contribution is 4.76. The van der Waals surface area contributed by atoms with Crippen LogP contribution in [0.5, 0.6) is 0 Å². The Labute approximate surface area is 69.3 Å². The topological polar surface area (TPSA) is 52.0 Å². The maximum Gasteiger partial charge on any atom is 0.00444 e. The van der Waals surface area contributed by atoms with Crippen LogP contribution in [-0.2, 0) is 0 Å². The molecule has 66 valence electrons.